The van der Waals surface area contributed by atoms with E-state index in [1.807, 2.05) is 0 Å². The first-order chi connectivity index (χ1) is 9.72. The molecule has 1 aromatic rings. The fourth-order valence-electron chi connectivity index (χ4n) is 2.49. The van der Waals surface area contributed by atoms with Gasteiger partial charge in [0.15, 0.2) is 0 Å². The van der Waals surface area contributed by atoms with Crippen molar-refractivity contribution in [2.75, 3.05) is 25.1 Å². The highest BCUT2D eigenvalue weighted by Crippen LogP contribution is 2.11. The zero-order chi connectivity index (χ0) is 14.4. The molecule has 0 saturated carbocycles. The molecule has 1 aliphatic rings. The van der Waals surface area contributed by atoms with E-state index >= 15 is 0 Å². The molecule has 4 N–H and O–H groups in total. The van der Waals surface area contributed by atoms with Crippen molar-refractivity contribution in [3.05, 3.63) is 24.0 Å². The molecule has 1 amide bonds. The Balaban J connectivity index is 1.82. The molecule has 1 aromatic heterocycles. The van der Waals surface area contributed by atoms with E-state index in [9.17, 15) is 4.79 Å². The third-order valence-electron chi connectivity index (χ3n) is 3.63. The highest BCUT2D eigenvalue weighted by atomic mass is 16.1. The lowest BCUT2D eigenvalue weighted by Gasteiger charge is -2.31. The highest BCUT2D eigenvalue weighted by molar-refractivity contribution is 5.92. The Bertz CT molecular complexity index is 426. The summed E-state index contributed by atoms with van der Waals surface area (Å²) < 4.78 is 0. The van der Waals surface area contributed by atoms with E-state index in [0.29, 0.717) is 11.4 Å². The summed E-state index contributed by atoms with van der Waals surface area (Å²) in [4.78, 5) is 18.6. The summed E-state index contributed by atoms with van der Waals surface area (Å²) in [6.45, 7) is 5.46. The molecule has 0 bridgehead atoms. The van der Waals surface area contributed by atoms with E-state index in [2.05, 4.69) is 27.6 Å². The van der Waals surface area contributed by atoms with E-state index < -0.39 is 0 Å². The first kappa shape index (κ1) is 14.7. The third kappa shape index (κ3) is 3.91. The number of hydrogen-bond acceptors (Lipinski definition) is 5. The summed E-state index contributed by atoms with van der Waals surface area (Å²) in [6.07, 6.45) is 4.75. The van der Waals surface area contributed by atoms with Gasteiger partial charge in [0.25, 0.3) is 5.91 Å². The van der Waals surface area contributed by atoms with Crippen molar-refractivity contribution in [2.24, 2.45) is 5.84 Å². The fraction of sp³-hybridized carbons (Fsp3) is 0.571. The minimum Gasteiger partial charge on any atom is -0.348 e. The molecule has 0 radical (unpaired) electrons. The lowest BCUT2D eigenvalue weighted by Crippen LogP contribution is -2.44. The number of amides is 1. The summed E-state index contributed by atoms with van der Waals surface area (Å²) in [7, 11) is 0. The first-order valence-corrected chi connectivity index (χ1v) is 7.18. The van der Waals surface area contributed by atoms with Gasteiger partial charge in [-0.25, -0.2) is 4.98 Å². The van der Waals surface area contributed by atoms with Crippen LogP contribution in [0.1, 0.15) is 36.7 Å². The molecule has 2 rings (SSSR count). The maximum Gasteiger partial charge on any atom is 0.270 e. The molecule has 0 unspecified atom stereocenters. The number of carbonyl (C=O) groups is 1. The molecular weight excluding hydrogens is 254 g/mol. The number of rotatable bonds is 5. The molecule has 1 saturated heterocycles. The van der Waals surface area contributed by atoms with Gasteiger partial charge in [0, 0.05) is 19.1 Å². The second kappa shape index (κ2) is 7.21. The number of hydrogen-bond donors (Lipinski definition) is 3. The summed E-state index contributed by atoms with van der Waals surface area (Å²) in [5.41, 5.74) is 3.61. The van der Waals surface area contributed by atoms with Gasteiger partial charge in [0.1, 0.15) is 5.69 Å². The van der Waals surface area contributed by atoms with Crippen LogP contribution in [-0.4, -0.2) is 41.5 Å². The number of carbonyl (C=O) groups excluding carboxylic acids is 1. The Kier molecular flexibility index (Phi) is 5.31. The number of nitrogens with zero attached hydrogens (tertiary/aromatic N) is 2. The van der Waals surface area contributed by atoms with E-state index in [1.54, 1.807) is 18.3 Å². The largest absolute Gasteiger partial charge is 0.348 e. The lowest BCUT2D eigenvalue weighted by atomic mass is 10.0. The topological polar surface area (TPSA) is 83.3 Å². The summed E-state index contributed by atoms with van der Waals surface area (Å²) in [5.74, 6) is 5.16. The molecule has 110 valence electrons. The zero-order valence-electron chi connectivity index (χ0n) is 11.9. The Labute approximate surface area is 119 Å². The maximum atomic E-state index is 12.1. The normalized spacial score (nSPS) is 16.9. The van der Waals surface area contributed by atoms with E-state index in [4.69, 9.17) is 5.84 Å². The van der Waals surface area contributed by atoms with Crippen LogP contribution in [0, 0.1) is 0 Å². The minimum absolute atomic E-state index is 0.109. The minimum atomic E-state index is -0.109. The number of aromatic nitrogens is 1. The van der Waals surface area contributed by atoms with Gasteiger partial charge >= 0.3 is 0 Å². The van der Waals surface area contributed by atoms with Crippen molar-refractivity contribution in [3.63, 3.8) is 0 Å². The van der Waals surface area contributed by atoms with Crippen molar-refractivity contribution < 1.29 is 4.79 Å². The number of nitrogens with two attached hydrogens (primary N) is 1. The monoisotopic (exact) mass is 277 g/mol. The Morgan fingerprint density at radius 3 is 2.75 bits per heavy atom. The Morgan fingerprint density at radius 1 is 1.45 bits per heavy atom. The Morgan fingerprint density at radius 2 is 2.20 bits per heavy atom. The van der Waals surface area contributed by atoms with E-state index in [0.717, 1.165) is 32.5 Å². The van der Waals surface area contributed by atoms with Crippen LogP contribution < -0.4 is 16.6 Å². The number of pyridine rings is 1. The van der Waals surface area contributed by atoms with Gasteiger partial charge < -0.3 is 15.6 Å². The Hall–Kier alpha value is -1.66. The van der Waals surface area contributed by atoms with E-state index in [-0.39, 0.29) is 11.9 Å². The third-order valence-corrected chi connectivity index (χ3v) is 3.63. The molecule has 2 heterocycles. The average Bonchev–Trinajstić information content (AvgIpc) is 2.49. The van der Waals surface area contributed by atoms with Crippen LogP contribution in [0.5, 0.6) is 0 Å². The zero-order valence-corrected chi connectivity index (χ0v) is 11.9. The molecule has 6 heteroatoms. The predicted molar refractivity (Wildman–Crippen MR) is 79.3 cm³/mol. The fourth-order valence-corrected chi connectivity index (χ4v) is 2.49. The second-order valence-electron chi connectivity index (χ2n) is 5.17. The summed E-state index contributed by atoms with van der Waals surface area (Å²) >= 11 is 0. The summed E-state index contributed by atoms with van der Waals surface area (Å²) in [5, 5.41) is 3.06. The highest BCUT2D eigenvalue weighted by Gasteiger charge is 2.20. The maximum absolute atomic E-state index is 12.1. The SMILES string of the molecule is CCCN1CCC(NC(=O)c2ccc(NN)cn2)CC1. The van der Waals surface area contributed by atoms with E-state index in [1.165, 1.54) is 6.42 Å². The van der Waals surface area contributed by atoms with Crippen molar-refractivity contribution in [1.29, 1.82) is 0 Å². The smallest absolute Gasteiger partial charge is 0.270 e. The van der Waals surface area contributed by atoms with Gasteiger partial charge in [0.05, 0.1) is 11.9 Å². The van der Waals surface area contributed by atoms with Gasteiger partial charge in [-0.3, -0.25) is 10.6 Å². The molecular formula is C14H23N5O. The quantitative estimate of drug-likeness (QED) is 0.552. The number of anilines is 1. The van der Waals surface area contributed by atoms with Crippen LogP contribution in [0.4, 0.5) is 5.69 Å². The molecule has 0 aromatic carbocycles. The molecule has 0 atom stereocenters. The van der Waals surface area contributed by atoms with Gasteiger partial charge in [-0.05, 0) is 37.9 Å². The standard InChI is InChI=1S/C14H23N5O/c1-2-7-19-8-5-11(6-9-19)17-14(20)13-4-3-12(18-15)10-16-13/h3-4,10-11,18H,2,5-9,15H2,1H3,(H,17,20). The van der Waals surface area contributed by atoms with Crippen LogP contribution in [-0.2, 0) is 0 Å². The molecule has 1 aliphatic heterocycles. The predicted octanol–water partition coefficient (Wildman–Crippen LogP) is 0.971. The molecule has 0 aliphatic carbocycles. The average molecular weight is 277 g/mol. The van der Waals surface area contributed by atoms with Gasteiger partial charge in [0.2, 0.25) is 0 Å². The van der Waals surface area contributed by atoms with Crippen LogP contribution in [0.15, 0.2) is 18.3 Å². The van der Waals surface area contributed by atoms with Crippen molar-refractivity contribution in [1.82, 2.24) is 15.2 Å². The van der Waals surface area contributed by atoms with Gasteiger partial charge in [-0.2, -0.15) is 0 Å². The summed E-state index contributed by atoms with van der Waals surface area (Å²) in [6, 6.07) is 3.67. The van der Waals surface area contributed by atoms with Crippen molar-refractivity contribution >= 4 is 11.6 Å². The number of hydrazine groups is 1. The van der Waals surface area contributed by atoms with Crippen molar-refractivity contribution in [3.8, 4) is 0 Å². The number of nitrogens with one attached hydrogen (secondary N) is 2. The lowest BCUT2D eigenvalue weighted by molar-refractivity contribution is 0.0906. The number of likely N-dealkylation sites (tertiary alicyclic amines) is 1. The molecule has 1 fully saturated rings. The molecule has 6 nitrogen and oxygen atoms in total. The molecule has 0 spiro atoms. The van der Waals surface area contributed by atoms with Gasteiger partial charge in [-0.1, -0.05) is 6.92 Å². The van der Waals surface area contributed by atoms with Crippen LogP contribution in [0.3, 0.4) is 0 Å². The van der Waals surface area contributed by atoms with Crippen LogP contribution in [0.2, 0.25) is 0 Å². The number of piperidine rings is 1. The molecule has 20 heavy (non-hydrogen) atoms. The second-order valence-corrected chi connectivity index (χ2v) is 5.17. The first-order valence-electron chi connectivity index (χ1n) is 7.18. The van der Waals surface area contributed by atoms with Gasteiger partial charge in [-0.15, -0.1) is 0 Å². The number of nitrogen functional groups attached to an aromatic ring is 1. The van der Waals surface area contributed by atoms with Crippen LogP contribution in [0.25, 0.3) is 0 Å². The van der Waals surface area contributed by atoms with Crippen LogP contribution >= 0.6 is 0 Å². The van der Waals surface area contributed by atoms with Crippen molar-refractivity contribution in [2.45, 2.75) is 32.2 Å².